The summed E-state index contributed by atoms with van der Waals surface area (Å²) < 4.78 is 0. The van der Waals surface area contributed by atoms with E-state index in [0.29, 0.717) is 18.0 Å². The van der Waals surface area contributed by atoms with Crippen molar-refractivity contribution >= 4 is 17.8 Å². The molecule has 1 aliphatic carbocycles. The summed E-state index contributed by atoms with van der Waals surface area (Å²) in [6.45, 7) is 8.58. The lowest BCUT2D eigenvalue weighted by atomic mass is 10.0. The first-order valence-corrected chi connectivity index (χ1v) is 7.94. The van der Waals surface area contributed by atoms with Crippen molar-refractivity contribution in [2.24, 2.45) is 5.92 Å². The molecule has 4 heteroatoms. The number of carbonyl (C=O) groups is 1. The van der Waals surface area contributed by atoms with Gasteiger partial charge in [0.25, 0.3) is 0 Å². The van der Waals surface area contributed by atoms with E-state index >= 15 is 0 Å². The number of nitrogens with one attached hydrogen (secondary N) is 1. The van der Waals surface area contributed by atoms with E-state index in [1.54, 1.807) is 11.8 Å². The summed E-state index contributed by atoms with van der Waals surface area (Å²) >= 11 is 1.77. The molecule has 0 radical (unpaired) electrons. The van der Waals surface area contributed by atoms with Crippen LogP contribution < -0.4 is 5.32 Å². The van der Waals surface area contributed by atoms with Crippen LogP contribution in [0.2, 0.25) is 0 Å². The molecule has 1 aliphatic rings. The number of hydrogen-bond acceptors (Lipinski definition) is 2. The molecule has 17 heavy (non-hydrogen) atoms. The number of rotatable bonds is 6. The molecule has 1 N–H and O–H groups in total. The molecule has 1 saturated carbocycles. The van der Waals surface area contributed by atoms with Gasteiger partial charge in [-0.1, -0.05) is 13.8 Å². The Morgan fingerprint density at radius 3 is 2.35 bits per heavy atom. The van der Waals surface area contributed by atoms with Crippen molar-refractivity contribution in [3.8, 4) is 0 Å². The Balaban J connectivity index is 2.55. The van der Waals surface area contributed by atoms with Crippen molar-refractivity contribution in [3.05, 3.63) is 0 Å². The molecule has 0 aromatic heterocycles. The highest BCUT2D eigenvalue weighted by atomic mass is 32.2. The third-order valence-electron chi connectivity index (χ3n) is 3.36. The second kappa shape index (κ2) is 6.53. The Bertz CT molecular complexity index is 254. The van der Waals surface area contributed by atoms with E-state index in [2.05, 4.69) is 44.2 Å². The molecule has 0 aromatic rings. The highest BCUT2D eigenvalue weighted by molar-refractivity contribution is 7.98. The molecule has 0 heterocycles. The summed E-state index contributed by atoms with van der Waals surface area (Å²) in [4.78, 5) is 14.3. The second-order valence-electron chi connectivity index (χ2n) is 5.43. The predicted molar refractivity (Wildman–Crippen MR) is 75.5 cm³/mol. The fraction of sp³-hybridized carbons (Fsp3) is 0.923. The van der Waals surface area contributed by atoms with Gasteiger partial charge in [0.1, 0.15) is 0 Å². The van der Waals surface area contributed by atoms with Crippen molar-refractivity contribution < 1.29 is 4.79 Å². The zero-order valence-electron chi connectivity index (χ0n) is 11.7. The Labute approximate surface area is 110 Å². The fourth-order valence-electron chi connectivity index (χ4n) is 1.93. The molecule has 1 rings (SSSR count). The van der Waals surface area contributed by atoms with Gasteiger partial charge in [0.15, 0.2) is 0 Å². The van der Waals surface area contributed by atoms with Gasteiger partial charge in [0.05, 0.1) is 0 Å². The van der Waals surface area contributed by atoms with E-state index in [9.17, 15) is 4.79 Å². The topological polar surface area (TPSA) is 32.3 Å². The quantitative estimate of drug-likeness (QED) is 0.794. The first-order chi connectivity index (χ1) is 7.97. The maximum Gasteiger partial charge on any atom is 0.318 e. The van der Waals surface area contributed by atoms with Gasteiger partial charge in [-0.25, -0.2) is 4.79 Å². The van der Waals surface area contributed by atoms with E-state index < -0.39 is 0 Å². The van der Waals surface area contributed by atoms with Crippen LogP contribution in [0.3, 0.4) is 0 Å². The Morgan fingerprint density at radius 2 is 1.94 bits per heavy atom. The van der Waals surface area contributed by atoms with Gasteiger partial charge in [-0.2, -0.15) is 11.8 Å². The predicted octanol–water partition coefficient (Wildman–Crippen LogP) is 2.96. The minimum absolute atomic E-state index is 0.121. The molecular weight excluding hydrogens is 232 g/mol. The number of thioether (sulfide) groups is 1. The fourth-order valence-corrected chi connectivity index (χ4v) is 2.52. The summed E-state index contributed by atoms with van der Waals surface area (Å²) in [5.74, 6) is 1.48. The maximum absolute atomic E-state index is 12.3. The van der Waals surface area contributed by atoms with Crippen molar-refractivity contribution in [1.29, 1.82) is 0 Å². The number of urea groups is 1. The van der Waals surface area contributed by atoms with Gasteiger partial charge in [0.2, 0.25) is 0 Å². The van der Waals surface area contributed by atoms with Crippen LogP contribution in [0.25, 0.3) is 0 Å². The van der Waals surface area contributed by atoms with Crippen LogP contribution in [0, 0.1) is 5.92 Å². The zero-order valence-corrected chi connectivity index (χ0v) is 12.5. The van der Waals surface area contributed by atoms with Gasteiger partial charge in [-0.3, -0.25) is 0 Å². The van der Waals surface area contributed by atoms with Crippen LogP contribution in [0.15, 0.2) is 0 Å². The highest BCUT2D eigenvalue weighted by Gasteiger charge is 2.36. The largest absolute Gasteiger partial charge is 0.335 e. The SMILES string of the molecule is CSC[C@H](C)NC(=O)N(C1CC1)[C@H](C)C(C)C. The molecule has 2 amide bonds. The number of hydrogen-bond donors (Lipinski definition) is 1. The Hall–Kier alpha value is -0.380. The van der Waals surface area contributed by atoms with Crippen molar-refractivity contribution in [2.75, 3.05) is 12.0 Å². The lowest BCUT2D eigenvalue weighted by Crippen LogP contribution is -2.50. The molecule has 0 spiro atoms. The average molecular weight is 258 g/mol. The van der Waals surface area contributed by atoms with Gasteiger partial charge in [-0.15, -0.1) is 0 Å². The van der Waals surface area contributed by atoms with Crippen molar-refractivity contribution in [3.63, 3.8) is 0 Å². The van der Waals surface area contributed by atoms with E-state index in [-0.39, 0.29) is 12.1 Å². The highest BCUT2D eigenvalue weighted by Crippen LogP contribution is 2.30. The van der Waals surface area contributed by atoms with Gasteiger partial charge >= 0.3 is 6.03 Å². The zero-order chi connectivity index (χ0) is 13.0. The summed E-state index contributed by atoms with van der Waals surface area (Å²) in [5, 5.41) is 3.10. The van der Waals surface area contributed by atoms with Crippen LogP contribution in [0.1, 0.15) is 40.5 Å². The first-order valence-electron chi connectivity index (χ1n) is 6.55. The number of nitrogens with zero attached hydrogens (tertiary/aromatic N) is 1. The minimum atomic E-state index is 0.121. The lowest BCUT2D eigenvalue weighted by Gasteiger charge is -2.33. The normalized spacial score (nSPS) is 18.9. The van der Waals surface area contributed by atoms with Crippen molar-refractivity contribution in [1.82, 2.24) is 10.2 Å². The van der Waals surface area contributed by atoms with E-state index in [1.165, 1.54) is 12.8 Å². The smallest absolute Gasteiger partial charge is 0.318 e. The molecule has 2 atom stereocenters. The van der Waals surface area contributed by atoms with Crippen LogP contribution >= 0.6 is 11.8 Å². The second-order valence-corrected chi connectivity index (χ2v) is 6.34. The first kappa shape index (κ1) is 14.7. The van der Waals surface area contributed by atoms with Gasteiger partial charge < -0.3 is 10.2 Å². The summed E-state index contributed by atoms with van der Waals surface area (Å²) in [6.07, 6.45) is 4.40. The third kappa shape index (κ3) is 4.41. The third-order valence-corrected chi connectivity index (χ3v) is 4.20. The Kier molecular flexibility index (Phi) is 5.63. The lowest BCUT2D eigenvalue weighted by molar-refractivity contribution is 0.155. The molecule has 100 valence electrons. The molecule has 0 bridgehead atoms. The molecule has 0 aromatic carbocycles. The molecule has 3 nitrogen and oxygen atoms in total. The number of carbonyl (C=O) groups excluding carboxylic acids is 1. The molecule has 0 unspecified atom stereocenters. The molecule has 0 saturated heterocycles. The van der Waals surface area contributed by atoms with E-state index in [0.717, 1.165) is 5.75 Å². The van der Waals surface area contributed by atoms with Crippen LogP contribution in [-0.2, 0) is 0 Å². The Morgan fingerprint density at radius 1 is 1.35 bits per heavy atom. The minimum Gasteiger partial charge on any atom is -0.335 e. The molecule has 1 fully saturated rings. The summed E-state index contributed by atoms with van der Waals surface area (Å²) in [6, 6.07) is 1.17. The van der Waals surface area contributed by atoms with E-state index in [1.807, 2.05) is 0 Å². The standard InChI is InChI=1S/C13H26N2OS/c1-9(2)11(4)15(12-6-7-12)13(16)14-10(3)8-17-5/h9-12H,6-8H2,1-5H3,(H,14,16)/t10-,11+/m0/s1. The summed E-state index contributed by atoms with van der Waals surface area (Å²) in [5.41, 5.74) is 0. The van der Waals surface area contributed by atoms with Crippen LogP contribution in [0.4, 0.5) is 4.79 Å². The van der Waals surface area contributed by atoms with Crippen LogP contribution in [0.5, 0.6) is 0 Å². The van der Waals surface area contributed by atoms with Crippen molar-refractivity contribution in [2.45, 2.75) is 58.7 Å². The number of amides is 2. The van der Waals surface area contributed by atoms with Gasteiger partial charge in [0, 0.05) is 23.9 Å². The monoisotopic (exact) mass is 258 g/mol. The van der Waals surface area contributed by atoms with Crippen LogP contribution in [-0.4, -0.2) is 41.1 Å². The average Bonchev–Trinajstić information content (AvgIpc) is 3.02. The van der Waals surface area contributed by atoms with E-state index in [4.69, 9.17) is 0 Å². The maximum atomic E-state index is 12.3. The molecule has 0 aliphatic heterocycles. The molecular formula is C13H26N2OS. The summed E-state index contributed by atoms with van der Waals surface area (Å²) in [7, 11) is 0. The van der Waals surface area contributed by atoms with Gasteiger partial charge in [-0.05, 0) is 38.9 Å².